The van der Waals surface area contributed by atoms with E-state index in [0.717, 1.165) is 45.7 Å². The molecule has 0 saturated heterocycles. The molecule has 3 nitrogen and oxygen atoms in total. The summed E-state index contributed by atoms with van der Waals surface area (Å²) in [6.45, 7) is 6.04. The molecule has 1 aromatic heterocycles. The Morgan fingerprint density at radius 1 is 1.33 bits per heavy atom. The Morgan fingerprint density at radius 2 is 2.17 bits per heavy atom. The molecule has 18 heavy (non-hydrogen) atoms. The highest BCUT2D eigenvalue weighted by Crippen LogP contribution is 2.30. The van der Waals surface area contributed by atoms with E-state index in [1.807, 2.05) is 25.1 Å². The molecule has 0 fully saturated rings. The molecule has 0 amide bonds. The summed E-state index contributed by atoms with van der Waals surface area (Å²) in [6, 6.07) is 5.88. The second-order valence-electron chi connectivity index (χ2n) is 4.02. The van der Waals surface area contributed by atoms with Crippen LogP contribution >= 0.6 is 22.9 Å². The molecule has 0 aliphatic carbocycles. The van der Waals surface area contributed by atoms with Crippen molar-refractivity contribution in [3.8, 4) is 10.6 Å². The number of nitrogens with one attached hydrogen (secondary N) is 1. The number of aromatic nitrogens is 2. The first kappa shape index (κ1) is 13.5. The minimum absolute atomic E-state index is 0.775. The first-order chi connectivity index (χ1) is 8.72. The SMILES string of the molecule is CCNCCc1nnc(-c2cccc(Cl)c2C)s1. The zero-order valence-electron chi connectivity index (χ0n) is 10.5. The van der Waals surface area contributed by atoms with Crippen LogP contribution in [0.1, 0.15) is 17.5 Å². The fourth-order valence-electron chi connectivity index (χ4n) is 1.67. The summed E-state index contributed by atoms with van der Waals surface area (Å²) < 4.78 is 0. The number of hydrogen-bond donors (Lipinski definition) is 1. The van der Waals surface area contributed by atoms with Crippen molar-refractivity contribution in [3.05, 3.63) is 33.8 Å². The van der Waals surface area contributed by atoms with Crippen LogP contribution in [0.5, 0.6) is 0 Å². The van der Waals surface area contributed by atoms with Crippen LogP contribution in [0.15, 0.2) is 18.2 Å². The van der Waals surface area contributed by atoms with Gasteiger partial charge in [0.05, 0.1) is 0 Å². The van der Waals surface area contributed by atoms with E-state index in [9.17, 15) is 0 Å². The Balaban J connectivity index is 2.16. The molecule has 1 N–H and O–H groups in total. The topological polar surface area (TPSA) is 37.8 Å². The number of halogens is 1. The highest BCUT2D eigenvalue weighted by Gasteiger charge is 2.10. The van der Waals surface area contributed by atoms with E-state index in [1.165, 1.54) is 0 Å². The average molecular weight is 282 g/mol. The monoisotopic (exact) mass is 281 g/mol. The van der Waals surface area contributed by atoms with Crippen molar-refractivity contribution in [2.24, 2.45) is 0 Å². The van der Waals surface area contributed by atoms with E-state index < -0.39 is 0 Å². The number of hydrogen-bond acceptors (Lipinski definition) is 4. The standard InChI is InChI=1S/C13H16ClN3S/c1-3-15-8-7-12-16-17-13(18-12)10-5-4-6-11(14)9(10)2/h4-6,15H,3,7-8H2,1-2H3. The lowest BCUT2D eigenvalue weighted by molar-refractivity contribution is 0.710. The summed E-state index contributed by atoms with van der Waals surface area (Å²) >= 11 is 7.76. The van der Waals surface area contributed by atoms with Crippen molar-refractivity contribution >= 4 is 22.9 Å². The highest BCUT2D eigenvalue weighted by atomic mass is 35.5. The summed E-state index contributed by atoms with van der Waals surface area (Å²) in [7, 11) is 0. The first-order valence-corrected chi connectivity index (χ1v) is 7.20. The summed E-state index contributed by atoms with van der Waals surface area (Å²) in [6.07, 6.45) is 0.922. The third-order valence-corrected chi connectivity index (χ3v) is 4.16. The third-order valence-electron chi connectivity index (χ3n) is 2.73. The van der Waals surface area contributed by atoms with Crippen molar-refractivity contribution in [1.82, 2.24) is 15.5 Å². The van der Waals surface area contributed by atoms with Crippen LogP contribution in [0.3, 0.4) is 0 Å². The fraction of sp³-hybridized carbons (Fsp3) is 0.385. The summed E-state index contributed by atoms with van der Waals surface area (Å²) in [4.78, 5) is 0. The number of benzene rings is 1. The lowest BCUT2D eigenvalue weighted by Gasteiger charge is -2.02. The molecule has 1 heterocycles. The van der Waals surface area contributed by atoms with Gasteiger partial charge in [0.25, 0.3) is 0 Å². The van der Waals surface area contributed by atoms with Gasteiger partial charge < -0.3 is 5.32 Å². The van der Waals surface area contributed by atoms with Gasteiger partial charge in [-0.15, -0.1) is 10.2 Å². The van der Waals surface area contributed by atoms with Crippen LogP contribution in [0.25, 0.3) is 10.6 Å². The van der Waals surface area contributed by atoms with E-state index in [1.54, 1.807) is 11.3 Å². The fourth-order valence-corrected chi connectivity index (χ4v) is 2.77. The summed E-state index contributed by atoms with van der Waals surface area (Å²) in [5.74, 6) is 0. The van der Waals surface area contributed by atoms with Crippen LogP contribution in [0, 0.1) is 6.92 Å². The van der Waals surface area contributed by atoms with Crippen LogP contribution in [0.2, 0.25) is 5.02 Å². The van der Waals surface area contributed by atoms with Crippen molar-refractivity contribution in [1.29, 1.82) is 0 Å². The normalized spacial score (nSPS) is 10.8. The van der Waals surface area contributed by atoms with Crippen molar-refractivity contribution in [2.75, 3.05) is 13.1 Å². The molecule has 0 saturated carbocycles. The second-order valence-corrected chi connectivity index (χ2v) is 5.49. The lowest BCUT2D eigenvalue weighted by Crippen LogP contribution is -2.15. The maximum Gasteiger partial charge on any atom is 0.148 e. The van der Waals surface area contributed by atoms with Gasteiger partial charge in [0, 0.05) is 23.6 Å². The Hall–Kier alpha value is -0.970. The van der Waals surface area contributed by atoms with Gasteiger partial charge in [-0.2, -0.15) is 0 Å². The highest BCUT2D eigenvalue weighted by molar-refractivity contribution is 7.14. The minimum atomic E-state index is 0.775. The predicted molar refractivity (Wildman–Crippen MR) is 77.3 cm³/mol. The average Bonchev–Trinajstić information content (AvgIpc) is 2.82. The molecule has 0 aliphatic rings. The third kappa shape index (κ3) is 3.07. The molecule has 5 heteroatoms. The molecule has 0 aliphatic heterocycles. The largest absolute Gasteiger partial charge is 0.317 e. The zero-order valence-corrected chi connectivity index (χ0v) is 12.1. The molecule has 0 unspecified atom stereocenters. The molecule has 1 aromatic carbocycles. The molecule has 0 radical (unpaired) electrons. The van der Waals surface area contributed by atoms with Gasteiger partial charge in [-0.3, -0.25) is 0 Å². The Morgan fingerprint density at radius 3 is 2.94 bits per heavy atom. The van der Waals surface area contributed by atoms with Gasteiger partial charge >= 0.3 is 0 Å². The molecule has 0 bridgehead atoms. The van der Waals surface area contributed by atoms with Crippen LogP contribution in [0.4, 0.5) is 0 Å². The van der Waals surface area contributed by atoms with E-state index in [-0.39, 0.29) is 0 Å². The molecular weight excluding hydrogens is 266 g/mol. The van der Waals surface area contributed by atoms with Gasteiger partial charge in [-0.1, -0.05) is 42.0 Å². The van der Waals surface area contributed by atoms with E-state index in [0.29, 0.717) is 0 Å². The number of rotatable bonds is 5. The molecule has 2 rings (SSSR count). The maximum absolute atomic E-state index is 6.12. The zero-order chi connectivity index (χ0) is 13.0. The maximum atomic E-state index is 6.12. The lowest BCUT2D eigenvalue weighted by atomic mass is 10.1. The smallest absolute Gasteiger partial charge is 0.148 e. The Bertz CT molecular complexity index is 525. The molecular formula is C13H16ClN3S. The van der Waals surface area contributed by atoms with Gasteiger partial charge in [0.15, 0.2) is 0 Å². The van der Waals surface area contributed by atoms with E-state index in [4.69, 9.17) is 11.6 Å². The van der Waals surface area contributed by atoms with Gasteiger partial charge in [-0.25, -0.2) is 0 Å². The van der Waals surface area contributed by atoms with Crippen LogP contribution < -0.4 is 5.32 Å². The van der Waals surface area contributed by atoms with Crippen LogP contribution in [-0.2, 0) is 6.42 Å². The summed E-state index contributed by atoms with van der Waals surface area (Å²) in [5.41, 5.74) is 2.14. The van der Waals surface area contributed by atoms with E-state index in [2.05, 4.69) is 22.4 Å². The quantitative estimate of drug-likeness (QED) is 0.855. The van der Waals surface area contributed by atoms with Gasteiger partial charge in [0.1, 0.15) is 10.0 Å². The Labute approximate surface area is 116 Å². The van der Waals surface area contributed by atoms with Crippen molar-refractivity contribution in [3.63, 3.8) is 0 Å². The molecule has 0 spiro atoms. The molecule has 2 aromatic rings. The van der Waals surface area contributed by atoms with Crippen molar-refractivity contribution < 1.29 is 0 Å². The first-order valence-electron chi connectivity index (χ1n) is 6.01. The predicted octanol–water partition coefficient (Wildman–Crippen LogP) is 3.32. The van der Waals surface area contributed by atoms with Crippen molar-refractivity contribution in [2.45, 2.75) is 20.3 Å². The van der Waals surface area contributed by atoms with Crippen LogP contribution in [-0.4, -0.2) is 23.3 Å². The van der Waals surface area contributed by atoms with E-state index >= 15 is 0 Å². The molecule has 96 valence electrons. The second kappa shape index (κ2) is 6.27. The van der Waals surface area contributed by atoms with Gasteiger partial charge in [0.2, 0.25) is 0 Å². The number of nitrogens with zero attached hydrogens (tertiary/aromatic N) is 2. The number of likely N-dealkylation sites (N-methyl/N-ethyl adjacent to an activating group) is 1. The minimum Gasteiger partial charge on any atom is -0.317 e. The van der Waals surface area contributed by atoms with Gasteiger partial charge in [-0.05, 0) is 25.1 Å². The summed E-state index contributed by atoms with van der Waals surface area (Å²) in [5, 5.41) is 14.5. The Kier molecular flexibility index (Phi) is 4.69. The molecule has 0 atom stereocenters.